The molecule has 6 nitrogen and oxygen atoms in total. The number of Topliss-reactive ketones (excluding diaryl/α,β-unsaturated/α-hetero) is 1. The average molecular weight is 399 g/mol. The van der Waals surface area contributed by atoms with Crippen LogP contribution in [0.3, 0.4) is 0 Å². The maximum atomic E-state index is 13.2. The fourth-order valence-corrected chi connectivity index (χ4v) is 4.32. The first-order valence-electron chi connectivity index (χ1n) is 9.93. The smallest absolute Gasteiger partial charge is 0.315 e. The van der Waals surface area contributed by atoms with E-state index in [1.807, 2.05) is 13.8 Å². The van der Waals surface area contributed by atoms with Crippen molar-refractivity contribution in [1.82, 2.24) is 0 Å². The summed E-state index contributed by atoms with van der Waals surface area (Å²) in [7, 11) is 1.47. The topological polar surface area (TPSA) is 85.2 Å². The highest BCUT2D eigenvalue weighted by Gasteiger charge is 2.46. The van der Waals surface area contributed by atoms with E-state index in [0.29, 0.717) is 35.4 Å². The van der Waals surface area contributed by atoms with Crippen molar-refractivity contribution in [3.63, 3.8) is 0 Å². The quantitative estimate of drug-likeness (QED) is 0.768. The molecule has 2 atom stereocenters. The lowest BCUT2D eigenvalue weighted by Crippen LogP contribution is -2.40. The second-order valence-electron chi connectivity index (χ2n) is 8.93. The van der Waals surface area contributed by atoms with Crippen LogP contribution in [0.15, 0.2) is 34.5 Å². The van der Waals surface area contributed by atoms with Crippen molar-refractivity contribution >= 4 is 17.5 Å². The van der Waals surface area contributed by atoms with Crippen LogP contribution in [0.2, 0.25) is 0 Å². The summed E-state index contributed by atoms with van der Waals surface area (Å²) in [5.74, 6) is -1.38. The number of phenols is 1. The Hall–Kier alpha value is -2.63. The van der Waals surface area contributed by atoms with Crippen molar-refractivity contribution < 1.29 is 24.2 Å². The number of nitrogens with zero attached hydrogens (tertiary/aromatic N) is 1. The van der Waals surface area contributed by atoms with Crippen LogP contribution in [0.4, 0.5) is 0 Å². The van der Waals surface area contributed by atoms with Crippen molar-refractivity contribution in [3.05, 3.63) is 35.0 Å². The van der Waals surface area contributed by atoms with Crippen LogP contribution in [-0.2, 0) is 14.3 Å². The Bertz CT molecular complexity index is 910. The summed E-state index contributed by atoms with van der Waals surface area (Å²) in [4.78, 5) is 30.8. The molecular weight excluding hydrogens is 370 g/mol. The first-order valence-corrected chi connectivity index (χ1v) is 9.93. The van der Waals surface area contributed by atoms with Gasteiger partial charge < -0.3 is 14.6 Å². The number of ether oxygens (including phenoxy) is 2. The van der Waals surface area contributed by atoms with E-state index in [1.165, 1.54) is 7.11 Å². The van der Waals surface area contributed by atoms with E-state index in [1.54, 1.807) is 39.0 Å². The lowest BCUT2D eigenvalue weighted by Gasteiger charge is -2.39. The van der Waals surface area contributed by atoms with Gasteiger partial charge in [-0.1, -0.05) is 19.9 Å². The Morgan fingerprint density at radius 2 is 1.97 bits per heavy atom. The fourth-order valence-electron chi connectivity index (χ4n) is 4.32. The number of methoxy groups -OCH3 is 1. The summed E-state index contributed by atoms with van der Waals surface area (Å²) in [6, 6.07) is 5.00. The third-order valence-corrected chi connectivity index (χ3v) is 5.47. The molecule has 1 aromatic carbocycles. The molecule has 156 valence electrons. The van der Waals surface area contributed by atoms with E-state index in [9.17, 15) is 14.7 Å². The second kappa shape index (κ2) is 7.65. The van der Waals surface area contributed by atoms with Crippen LogP contribution in [0.1, 0.15) is 58.9 Å². The average Bonchev–Trinajstić information content (AvgIpc) is 2.58. The van der Waals surface area contributed by atoms with Crippen LogP contribution in [0.5, 0.6) is 11.5 Å². The molecule has 2 aliphatic rings. The summed E-state index contributed by atoms with van der Waals surface area (Å²) >= 11 is 0. The maximum absolute atomic E-state index is 13.2. The van der Waals surface area contributed by atoms with Gasteiger partial charge in [0.15, 0.2) is 17.3 Å². The molecule has 0 saturated heterocycles. The fraction of sp³-hybridized carbons (Fsp3) is 0.522. The van der Waals surface area contributed by atoms with Crippen molar-refractivity contribution in [1.29, 1.82) is 0 Å². The van der Waals surface area contributed by atoms with Crippen molar-refractivity contribution in [2.24, 2.45) is 16.3 Å². The van der Waals surface area contributed by atoms with E-state index < -0.39 is 17.8 Å². The van der Waals surface area contributed by atoms with Crippen molar-refractivity contribution in [3.8, 4) is 11.5 Å². The molecule has 1 aromatic rings. The number of rotatable bonds is 4. The monoisotopic (exact) mass is 399 g/mol. The molecule has 0 spiro atoms. The van der Waals surface area contributed by atoms with Crippen LogP contribution in [0, 0.1) is 11.3 Å². The third-order valence-electron chi connectivity index (χ3n) is 5.47. The lowest BCUT2D eigenvalue weighted by atomic mass is 9.67. The first-order chi connectivity index (χ1) is 13.5. The molecule has 1 aliphatic heterocycles. The molecule has 1 aliphatic carbocycles. The normalized spacial score (nSPS) is 23.6. The number of benzene rings is 1. The number of allylic oxidation sites excluding steroid dienone is 2. The highest BCUT2D eigenvalue weighted by atomic mass is 16.5. The Balaban J connectivity index is 2.17. The zero-order valence-corrected chi connectivity index (χ0v) is 17.9. The van der Waals surface area contributed by atoms with Gasteiger partial charge in [-0.2, -0.15) is 0 Å². The SMILES string of the molecule is COc1ccc([C@H]2C3=C(CC(C)(C)CC3=O)N=C(C)C2C(=O)OC(C)C)cc1O. The molecule has 0 radical (unpaired) electrons. The first kappa shape index (κ1) is 21.1. The van der Waals surface area contributed by atoms with Crippen LogP contribution >= 0.6 is 0 Å². The van der Waals surface area contributed by atoms with Crippen molar-refractivity contribution in [2.75, 3.05) is 7.11 Å². The highest BCUT2D eigenvalue weighted by molar-refractivity contribution is 6.09. The summed E-state index contributed by atoms with van der Waals surface area (Å²) in [6.07, 6.45) is 0.776. The Kier molecular flexibility index (Phi) is 5.57. The van der Waals surface area contributed by atoms with Gasteiger partial charge in [0.1, 0.15) is 5.92 Å². The van der Waals surface area contributed by atoms with Gasteiger partial charge in [0.05, 0.1) is 13.2 Å². The number of esters is 1. The molecule has 6 heteroatoms. The van der Waals surface area contributed by atoms with Gasteiger partial charge >= 0.3 is 5.97 Å². The highest BCUT2D eigenvalue weighted by Crippen LogP contribution is 2.48. The zero-order valence-electron chi connectivity index (χ0n) is 17.9. The minimum absolute atomic E-state index is 0.00449. The number of aromatic hydroxyl groups is 1. The third kappa shape index (κ3) is 4.07. The minimum atomic E-state index is -0.714. The Morgan fingerprint density at radius 1 is 1.28 bits per heavy atom. The second-order valence-corrected chi connectivity index (χ2v) is 8.93. The molecule has 0 amide bonds. The number of hydrogen-bond donors (Lipinski definition) is 1. The van der Waals surface area contributed by atoms with Gasteiger partial charge in [-0.25, -0.2) is 0 Å². The molecule has 1 unspecified atom stereocenters. The molecule has 29 heavy (non-hydrogen) atoms. The molecule has 0 aromatic heterocycles. The standard InChI is InChI=1S/C23H29NO5/c1-12(2)29-22(27)19-13(3)24-15-10-23(4,5)11-17(26)21(15)20(19)14-7-8-18(28-6)16(25)9-14/h7-9,12,19-20,25H,10-11H2,1-6H3/t19?,20-/m1/s1. The number of carbonyl (C=O) groups is 2. The largest absolute Gasteiger partial charge is 0.504 e. The summed E-state index contributed by atoms with van der Waals surface area (Å²) in [6.45, 7) is 9.49. The predicted octanol–water partition coefficient (Wildman–Crippen LogP) is 4.17. The Morgan fingerprint density at radius 3 is 2.55 bits per heavy atom. The molecular formula is C23H29NO5. The van der Waals surface area contributed by atoms with E-state index in [0.717, 1.165) is 5.70 Å². The van der Waals surface area contributed by atoms with E-state index in [2.05, 4.69) is 4.99 Å². The van der Waals surface area contributed by atoms with E-state index in [-0.39, 0.29) is 23.1 Å². The molecule has 0 fully saturated rings. The van der Waals surface area contributed by atoms with Crippen molar-refractivity contribution in [2.45, 2.75) is 59.5 Å². The number of carbonyl (C=O) groups excluding carboxylic acids is 2. The van der Waals surface area contributed by atoms with E-state index >= 15 is 0 Å². The van der Waals surface area contributed by atoms with Gasteiger partial charge in [-0.15, -0.1) is 0 Å². The molecule has 3 rings (SSSR count). The lowest BCUT2D eigenvalue weighted by molar-refractivity contribution is -0.150. The van der Waals surface area contributed by atoms with Crippen LogP contribution in [0.25, 0.3) is 0 Å². The van der Waals surface area contributed by atoms with Gasteiger partial charge in [-0.05, 0) is 50.3 Å². The maximum Gasteiger partial charge on any atom is 0.315 e. The van der Waals surface area contributed by atoms with Crippen LogP contribution in [-0.4, -0.2) is 35.8 Å². The number of phenolic OH excluding ortho intramolecular Hbond substituents is 1. The molecule has 1 N–H and O–H groups in total. The summed E-state index contributed by atoms with van der Waals surface area (Å²) < 4.78 is 10.6. The zero-order chi connectivity index (χ0) is 21.5. The molecule has 1 heterocycles. The predicted molar refractivity (Wildman–Crippen MR) is 110 cm³/mol. The minimum Gasteiger partial charge on any atom is -0.504 e. The van der Waals surface area contributed by atoms with Gasteiger partial charge in [0, 0.05) is 29.3 Å². The number of aliphatic imine (C=N–C) groups is 1. The molecule has 0 saturated carbocycles. The van der Waals surface area contributed by atoms with Gasteiger partial charge in [-0.3, -0.25) is 14.6 Å². The number of ketones is 1. The van der Waals surface area contributed by atoms with Gasteiger partial charge in [0.2, 0.25) is 0 Å². The van der Waals surface area contributed by atoms with E-state index in [4.69, 9.17) is 9.47 Å². The Labute approximate surface area is 171 Å². The number of hydrogen-bond acceptors (Lipinski definition) is 6. The summed E-state index contributed by atoms with van der Waals surface area (Å²) in [5, 5.41) is 10.3. The van der Waals surface area contributed by atoms with Gasteiger partial charge in [0.25, 0.3) is 0 Å². The van der Waals surface area contributed by atoms with Crippen LogP contribution < -0.4 is 4.74 Å². The summed E-state index contributed by atoms with van der Waals surface area (Å²) in [5.41, 5.74) is 2.41. The molecule has 0 bridgehead atoms.